The molecule has 0 fully saturated rings. The van der Waals surface area contributed by atoms with Gasteiger partial charge in [0, 0.05) is 29.1 Å². The Morgan fingerprint density at radius 2 is 1.84 bits per heavy atom. The van der Waals surface area contributed by atoms with Gasteiger partial charge in [-0.15, -0.1) is 0 Å². The number of anilines is 2. The molecule has 8 heteroatoms. The van der Waals surface area contributed by atoms with Crippen molar-refractivity contribution in [3.05, 3.63) is 76.4 Å². The topological polar surface area (TPSA) is 117 Å². The molecule has 0 radical (unpaired) electrons. The minimum atomic E-state index is -1.31. The number of aromatic nitrogens is 1. The third kappa shape index (κ3) is 5.25. The number of nitrogens with two attached hydrogens (primary N) is 1. The molecule has 32 heavy (non-hydrogen) atoms. The van der Waals surface area contributed by atoms with Crippen molar-refractivity contribution >= 4 is 34.9 Å². The molecule has 3 rings (SSSR count). The number of hydrogen-bond acceptors (Lipinski definition) is 5. The molecule has 7 nitrogen and oxygen atoms in total. The number of aliphatic hydroxyl groups excluding tert-OH is 1. The van der Waals surface area contributed by atoms with Crippen LogP contribution in [0.2, 0.25) is 5.02 Å². The predicted molar refractivity (Wildman–Crippen MR) is 126 cm³/mol. The quantitative estimate of drug-likeness (QED) is 0.449. The number of hydrogen-bond donors (Lipinski definition) is 4. The number of carbonyl (C=O) groups is 2. The van der Waals surface area contributed by atoms with E-state index < -0.39 is 12.0 Å². The number of aryl methyl sites for hydroxylation is 1. The highest BCUT2D eigenvalue weighted by atomic mass is 35.5. The van der Waals surface area contributed by atoms with Crippen LogP contribution in [0.25, 0.3) is 11.1 Å². The van der Waals surface area contributed by atoms with Gasteiger partial charge in [0.15, 0.2) is 6.10 Å². The summed E-state index contributed by atoms with van der Waals surface area (Å²) >= 11 is 6.45. The number of carbonyl (C=O) groups excluding carboxylic acids is 2. The lowest BCUT2D eigenvalue weighted by Gasteiger charge is -2.15. The fourth-order valence-electron chi connectivity index (χ4n) is 3.22. The van der Waals surface area contributed by atoms with E-state index in [2.05, 4.69) is 15.6 Å². The zero-order valence-electron chi connectivity index (χ0n) is 18.0. The van der Waals surface area contributed by atoms with E-state index in [0.29, 0.717) is 27.4 Å². The Labute approximate surface area is 191 Å². The molecule has 3 aromatic rings. The maximum Gasteiger partial charge on any atom is 0.257 e. The predicted octanol–water partition coefficient (Wildman–Crippen LogP) is 4.10. The lowest BCUT2D eigenvalue weighted by molar-refractivity contribution is -0.124. The van der Waals surface area contributed by atoms with Gasteiger partial charge >= 0.3 is 0 Å². The molecule has 1 heterocycles. The Kier molecular flexibility index (Phi) is 7.12. The molecule has 2 aromatic carbocycles. The van der Waals surface area contributed by atoms with Crippen molar-refractivity contribution in [2.24, 2.45) is 0 Å². The molecule has 0 aliphatic carbocycles. The zero-order chi connectivity index (χ0) is 23.4. The minimum Gasteiger partial charge on any atom is -0.383 e. The summed E-state index contributed by atoms with van der Waals surface area (Å²) < 4.78 is 0. The van der Waals surface area contributed by atoms with E-state index in [1.165, 1.54) is 6.20 Å². The van der Waals surface area contributed by atoms with E-state index in [-0.39, 0.29) is 23.3 Å². The van der Waals surface area contributed by atoms with Gasteiger partial charge in [-0.25, -0.2) is 4.98 Å². The molecule has 0 saturated heterocycles. The number of nitrogens with one attached hydrogen (secondary N) is 2. The van der Waals surface area contributed by atoms with Crippen LogP contribution in [0.5, 0.6) is 0 Å². The molecule has 1 unspecified atom stereocenters. The van der Waals surface area contributed by atoms with Gasteiger partial charge in [-0.1, -0.05) is 41.9 Å². The van der Waals surface area contributed by atoms with Crippen LogP contribution in [-0.2, 0) is 4.79 Å². The number of pyridine rings is 1. The van der Waals surface area contributed by atoms with Gasteiger partial charge in [-0.3, -0.25) is 9.59 Å². The van der Waals surface area contributed by atoms with Crippen LogP contribution >= 0.6 is 11.6 Å². The average molecular weight is 453 g/mol. The molecule has 0 bridgehead atoms. The largest absolute Gasteiger partial charge is 0.383 e. The van der Waals surface area contributed by atoms with Crippen LogP contribution in [0.3, 0.4) is 0 Å². The van der Waals surface area contributed by atoms with Gasteiger partial charge < -0.3 is 21.5 Å². The van der Waals surface area contributed by atoms with Crippen LogP contribution in [0.15, 0.2) is 54.7 Å². The van der Waals surface area contributed by atoms with E-state index in [1.54, 1.807) is 36.4 Å². The van der Waals surface area contributed by atoms with Crippen LogP contribution in [-0.4, -0.2) is 27.9 Å². The lowest BCUT2D eigenvalue weighted by atomic mass is 10.0. The summed E-state index contributed by atoms with van der Waals surface area (Å²) in [6.07, 6.45) is 0.223. The smallest absolute Gasteiger partial charge is 0.257 e. The number of aliphatic hydroxyl groups is 1. The second-order valence-corrected chi connectivity index (χ2v) is 8.14. The maximum atomic E-state index is 12.5. The van der Waals surface area contributed by atoms with Crippen molar-refractivity contribution in [1.82, 2.24) is 10.3 Å². The summed E-state index contributed by atoms with van der Waals surface area (Å²) in [6, 6.07) is 13.7. The molecule has 2 amide bonds. The molecule has 1 atom stereocenters. The number of nitrogens with zero attached hydrogens (tertiary/aromatic N) is 1. The van der Waals surface area contributed by atoms with Crippen molar-refractivity contribution in [3.8, 4) is 11.1 Å². The molecule has 0 aliphatic rings. The summed E-state index contributed by atoms with van der Waals surface area (Å²) in [5.41, 5.74) is 9.14. The molecule has 0 saturated carbocycles. The van der Waals surface area contributed by atoms with Gasteiger partial charge in [0.05, 0.1) is 10.6 Å². The second-order valence-electron chi connectivity index (χ2n) is 7.73. The first-order chi connectivity index (χ1) is 15.2. The number of amides is 2. The third-order valence-electron chi connectivity index (χ3n) is 4.86. The van der Waals surface area contributed by atoms with E-state index in [0.717, 1.165) is 5.56 Å². The van der Waals surface area contributed by atoms with Crippen molar-refractivity contribution in [2.45, 2.75) is 32.9 Å². The molecular weight excluding hydrogens is 428 g/mol. The van der Waals surface area contributed by atoms with E-state index in [1.807, 2.05) is 32.9 Å². The first kappa shape index (κ1) is 23.2. The highest BCUT2D eigenvalue weighted by Gasteiger charge is 2.20. The standard InChI is InChI=1S/C24H25ClN4O3/c1-13(2)28-23(31)19-10-15(12-27-22(19)26)18-9-8-16(11-20(18)25)29-24(32)21(30)17-7-5-4-6-14(17)3/h4-13,21,30H,1-3H3,(H2,26,27)(H,28,31)(H,29,32). The Morgan fingerprint density at radius 1 is 1.12 bits per heavy atom. The fourth-order valence-corrected chi connectivity index (χ4v) is 3.51. The number of benzene rings is 2. The van der Waals surface area contributed by atoms with Gasteiger partial charge in [-0.2, -0.15) is 0 Å². The second kappa shape index (κ2) is 9.80. The Hall–Kier alpha value is -3.42. The summed E-state index contributed by atoms with van der Waals surface area (Å²) in [6.45, 7) is 5.53. The Morgan fingerprint density at radius 3 is 2.50 bits per heavy atom. The van der Waals surface area contributed by atoms with E-state index in [9.17, 15) is 14.7 Å². The van der Waals surface area contributed by atoms with Gasteiger partial charge in [-0.05, 0) is 50.1 Å². The van der Waals surface area contributed by atoms with E-state index in [4.69, 9.17) is 17.3 Å². The first-order valence-electron chi connectivity index (χ1n) is 10.1. The normalized spacial score (nSPS) is 11.8. The molecule has 5 N–H and O–H groups in total. The highest BCUT2D eigenvalue weighted by Crippen LogP contribution is 2.32. The third-order valence-corrected chi connectivity index (χ3v) is 5.17. The fraction of sp³-hybridized carbons (Fsp3) is 0.208. The molecule has 0 aliphatic heterocycles. The number of nitrogen functional groups attached to an aromatic ring is 1. The van der Waals surface area contributed by atoms with Crippen LogP contribution in [0.4, 0.5) is 11.5 Å². The molecule has 1 aromatic heterocycles. The molecule has 0 spiro atoms. The minimum absolute atomic E-state index is 0.0490. The summed E-state index contributed by atoms with van der Waals surface area (Å²) in [4.78, 5) is 29.0. The van der Waals surface area contributed by atoms with Crippen molar-refractivity contribution < 1.29 is 14.7 Å². The SMILES string of the molecule is Cc1ccccc1C(O)C(=O)Nc1ccc(-c2cnc(N)c(C(=O)NC(C)C)c2)c(Cl)c1. The van der Waals surface area contributed by atoms with Gasteiger partial charge in [0.1, 0.15) is 5.82 Å². The maximum absolute atomic E-state index is 12.5. The Bertz CT molecular complexity index is 1160. The van der Waals surface area contributed by atoms with Gasteiger partial charge in [0.2, 0.25) is 0 Å². The lowest BCUT2D eigenvalue weighted by Crippen LogP contribution is -2.30. The van der Waals surface area contributed by atoms with E-state index >= 15 is 0 Å². The summed E-state index contributed by atoms with van der Waals surface area (Å²) in [5.74, 6) is -0.765. The van der Waals surface area contributed by atoms with Crippen LogP contribution < -0.4 is 16.4 Å². The first-order valence-corrected chi connectivity index (χ1v) is 10.5. The monoisotopic (exact) mass is 452 g/mol. The number of rotatable bonds is 6. The van der Waals surface area contributed by atoms with Crippen molar-refractivity contribution in [1.29, 1.82) is 0 Å². The number of halogens is 1. The Balaban J connectivity index is 1.82. The van der Waals surface area contributed by atoms with Crippen LogP contribution in [0.1, 0.15) is 41.4 Å². The van der Waals surface area contributed by atoms with Gasteiger partial charge in [0.25, 0.3) is 11.8 Å². The summed E-state index contributed by atoms with van der Waals surface area (Å²) in [7, 11) is 0. The van der Waals surface area contributed by atoms with Crippen molar-refractivity contribution in [3.63, 3.8) is 0 Å². The highest BCUT2D eigenvalue weighted by molar-refractivity contribution is 6.33. The van der Waals surface area contributed by atoms with Crippen molar-refractivity contribution in [2.75, 3.05) is 11.1 Å². The zero-order valence-corrected chi connectivity index (χ0v) is 18.8. The molecular formula is C24H25ClN4O3. The average Bonchev–Trinajstić information content (AvgIpc) is 2.73. The van der Waals surface area contributed by atoms with Crippen LogP contribution in [0, 0.1) is 6.92 Å². The summed E-state index contributed by atoms with van der Waals surface area (Å²) in [5, 5.41) is 16.2. The molecule has 166 valence electrons.